The van der Waals surface area contributed by atoms with Gasteiger partial charge < -0.3 is 14.8 Å². The number of carbonyl (C=O) groups excluding carboxylic acids is 2. The molecule has 1 aromatic heterocycles. The predicted octanol–water partition coefficient (Wildman–Crippen LogP) is 3.22. The molecule has 2 amide bonds. The second kappa shape index (κ2) is 9.72. The number of nitrogens with zero attached hydrogens (tertiary/aromatic N) is 2. The summed E-state index contributed by atoms with van der Waals surface area (Å²) in [7, 11) is 1.71. The van der Waals surface area contributed by atoms with Gasteiger partial charge in [-0.15, -0.1) is 0 Å². The third kappa shape index (κ3) is 5.44. The Morgan fingerprint density at radius 3 is 2.44 bits per heavy atom. The molecule has 6 heteroatoms. The third-order valence-electron chi connectivity index (χ3n) is 5.13. The lowest BCUT2D eigenvalue weighted by Gasteiger charge is -2.20. The van der Waals surface area contributed by atoms with Crippen LogP contribution in [0, 0.1) is 5.92 Å². The summed E-state index contributed by atoms with van der Waals surface area (Å²) in [6.07, 6.45) is 9.43. The van der Waals surface area contributed by atoms with Crippen molar-refractivity contribution in [1.82, 2.24) is 14.8 Å². The van der Waals surface area contributed by atoms with Crippen LogP contribution in [0.4, 0.5) is 0 Å². The minimum Gasteiger partial charge on any atom is -0.352 e. The van der Waals surface area contributed by atoms with E-state index in [-0.39, 0.29) is 29.0 Å². The van der Waals surface area contributed by atoms with E-state index in [1.54, 1.807) is 24.3 Å². The van der Waals surface area contributed by atoms with E-state index in [0.29, 0.717) is 13.1 Å². The number of hydrogen-bond acceptors (Lipinski definition) is 3. The Kier molecular flexibility index (Phi) is 7.63. The van der Waals surface area contributed by atoms with Gasteiger partial charge in [0.25, 0.3) is 11.8 Å². The van der Waals surface area contributed by atoms with Crippen LogP contribution in [0.15, 0.2) is 17.2 Å². The Morgan fingerprint density at radius 2 is 1.85 bits per heavy atom. The van der Waals surface area contributed by atoms with E-state index in [1.807, 2.05) is 18.4 Å². The summed E-state index contributed by atoms with van der Waals surface area (Å²) < 4.78 is 1.92. The van der Waals surface area contributed by atoms with Gasteiger partial charge in [-0.2, -0.15) is 0 Å². The van der Waals surface area contributed by atoms with Gasteiger partial charge in [-0.3, -0.25) is 14.4 Å². The molecule has 0 atom stereocenters. The molecule has 0 unspecified atom stereocenters. The number of unbranched alkanes of at least 4 members (excludes halogenated alkanes) is 1. The smallest absolute Gasteiger partial charge is 0.259 e. The molecule has 0 saturated heterocycles. The standard InChI is InChI=1S/C21H33N3O3/c1-5-6-11-23(4)21(27)18-14-24(16-9-7-8-10-16)13-17(19(18)25)20(26)22-12-15(2)3/h13-16H,5-12H2,1-4H3,(H,22,26). The van der Waals surface area contributed by atoms with Crippen molar-refractivity contribution in [2.45, 2.75) is 65.3 Å². The number of nitrogens with one attached hydrogen (secondary N) is 1. The van der Waals surface area contributed by atoms with Crippen molar-refractivity contribution in [2.24, 2.45) is 5.92 Å². The number of carbonyl (C=O) groups is 2. The van der Waals surface area contributed by atoms with Crippen LogP contribution < -0.4 is 10.7 Å². The lowest BCUT2D eigenvalue weighted by Crippen LogP contribution is -2.37. The maximum atomic E-state index is 12.9. The molecule has 0 aromatic carbocycles. The topological polar surface area (TPSA) is 71.4 Å². The number of pyridine rings is 1. The van der Waals surface area contributed by atoms with E-state index in [1.165, 1.54) is 0 Å². The Morgan fingerprint density at radius 1 is 1.22 bits per heavy atom. The molecule has 2 rings (SSSR count). The molecule has 0 radical (unpaired) electrons. The molecule has 150 valence electrons. The molecular weight excluding hydrogens is 342 g/mol. The molecule has 0 aliphatic heterocycles. The largest absolute Gasteiger partial charge is 0.352 e. The summed E-state index contributed by atoms with van der Waals surface area (Å²) in [6, 6.07) is 0.245. The van der Waals surface area contributed by atoms with Crippen molar-refractivity contribution >= 4 is 11.8 Å². The van der Waals surface area contributed by atoms with Gasteiger partial charge in [0.05, 0.1) is 0 Å². The molecule has 27 heavy (non-hydrogen) atoms. The van der Waals surface area contributed by atoms with Gasteiger partial charge in [0.2, 0.25) is 5.43 Å². The van der Waals surface area contributed by atoms with Crippen molar-refractivity contribution in [3.05, 3.63) is 33.7 Å². The van der Waals surface area contributed by atoms with E-state index in [2.05, 4.69) is 12.2 Å². The summed E-state index contributed by atoms with van der Waals surface area (Å²) in [5.74, 6) is -0.416. The number of rotatable bonds is 8. The van der Waals surface area contributed by atoms with Gasteiger partial charge in [0.15, 0.2) is 0 Å². The molecule has 1 aliphatic carbocycles. The lowest BCUT2D eigenvalue weighted by molar-refractivity contribution is 0.0791. The molecular formula is C21H33N3O3. The second-order valence-electron chi connectivity index (χ2n) is 7.98. The maximum absolute atomic E-state index is 12.9. The van der Waals surface area contributed by atoms with Gasteiger partial charge in [-0.1, -0.05) is 40.0 Å². The average Bonchev–Trinajstić information content (AvgIpc) is 3.18. The summed E-state index contributed by atoms with van der Waals surface area (Å²) in [6.45, 7) is 7.16. The van der Waals surface area contributed by atoms with Crippen LogP contribution in [-0.4, -0.2) is 41.4 Å². The summed E-state index contributed by atoms with van der Waals surface area (Å²) in [5.41, 5.74) is -0.311. The van der Waals surface area contributed by atoms with E-state index >= 15 is 0 Å². The minimum absolute atomic E-state index is 0.0669. The first-order valence-corrected chi connectivity index (χ1v) is 10.1. The van der Waals surface area contributed by atoms with Gasteiger partial charge in [-0.05, 0) is 25.2 Å². The lowest BCUT2D eigenvalue weighted by atomic mass is 10.1. The van der Waals surface area contributed by atoms with Crippen LogP contribution in [0.1, 0.15) is 86.1 Å². The van der Waals surface area contributed by atoms with Crippen LogP contribution in [0.2, 0.25) is 0 Å². The fourth-order valence-corrected chi connectivity index (χ4v) is 3.42. The highest BCUT2D eigenvalue weighted by atomic mass is 16.2. The zero-order valence-corrected chi connectivity index (χ0v) is 17.1. The predicted molar refractivity (Wildman–Crippen MR) is 107 cm³/mol. The Labute approximate surface area is 161 Å². The summed E-state index contributed by atoms with van der Waals surface area (Å²) >= 11 is 0. The van der Waals surface area contributed by atoms with Gasteiger partial charge in [0, 0.05) is 38.6 Å². The van der Waals surface area contributed by atoms with Crippen molar-refractivity contribution in [1.29, 1.82) is 0 Å². The molecule has 1 aromatic rings. The highest BCUT2D eigenvalue weighted by Crippen LogP contribution is 2.29. The summed E-state index contributed by atoms with van der Waals surface area (Å²) in [4.78, 5) is 40.0. The molecule has 1 fully saturated rings. The van der Waals surface area contributed by atoms with Crippen LogP contribution in [0.25, 0.3) is 0 Å². The first kappa shape index (κ1) is 21.2. The maximum Gasteiger partial charge on any atom is 0.259 e. The molecule has 1 saturated carbocycles. The van der Waals surface area contributed by atoms with Crippen molar-refractivity contribution in [2.75, 3.05) is 20.1 Å². The fourth-order valence-electron chi connectivity index (χ4n) is 3.42. The molecule has 0 bridgehead atoms. The van der Waals surface area contributed by atoms with Crippen molar-refractivity contribution in [3.63, 3.8) is 0 Å². The monoisotopic (exact) mass is 375 g/mol. The zero-order chi connectivity index (χ0) is 20.0. The number of hydrogen-bond donors (Lipinski definition) is 1. The second-order valence-corrected chi connectivity index (χ2v) is 7.98. The van der Waals surface area contributed by atoms with Crippen LogP contribution >= 0.6 is 0 Å². The minimum atomic E-state index is -0.473. The zero-order valence-electron chi connectivity index (χ0n) is 17.1. The van der Waals surface area contributed by atoms with E-state index < -0.39 is 11.3 Å². The SMILES string of the molecule is CCCCN(C)C(=O)c1cn(C2CCCC2)cc(C(=O)NCC(C)C)c1=O. The summed E-state index contributed by atoms with van der Waals surface area (Å²) in [5, 5.41) is 2.81. The molecule has 1 N–H and O–H groups in total. The number of amides is 2. The first-order valence-electron chi connectivity index (χ1n) is 10.1. The van der Waals surface area contributed by atoms with E-state index in [0.717, 1.165) is 38.5 Å². The molecule has 0 spiro atoms. The molecule has 6 nitrogen and oxygen atoms in total. The Hall–Kier alpha value is -2.11. The van der Waals surface area contributed by atoms with Crippen LogP contribution in [0.3, 0.4) is 0 Å². The van der Waals surface area contributed by atoms with Crippen LogP contribution in [-0.2, 0) is 0 Å². The van der Waals surface area contributed by atoms with Crippen molar-refractivity contribution < 1.29 is 9.59 Å². The highest BCUT2D eigenvalue weighted by Gasteiger charge is 2.24. The van der Waals surface area contributed by atoms with Gasteiger partial charge in [0.1, 0.15) is 11.1 Å². The Bertz CT molecular complexity index is 718. The number of aromatic nitrogens is 1. The quantitative estimate of drug-likeness (QED) is 0.758. The Balaban J connectivity index is 2.40. The molecule has 1 heterocycles. The van der Waals surface area contributed by atoms with Gasteiger partial charge >= 0.3 is 0 Å². The normalized spacial score (nSPS) is 14.6. The van der Waals surface area contributed by atoms with Crippen LogP contribution in [0.5, 0.6) is 0 Å². The first-order chi connectivity index (χ1) is 12.8. The third-order valence-corrected chi connectivity index (χ3v) is 5.13. The van der Waals surface area contributed by atoms with Crippen molar-refractivity contribution in [3.8, 4) is 0 Å². The highest BCUT2D eigenvalue weighted by molar-refractivity contribution is 5.99. The van der Waals surface area contributed by atoms with E-state index in [4.69, 9.17) is 0 Å². The molecule has 1 aliphatic rings. The average molecular weight is 376 g/mol. The van der Waals surface area contributed by atoms with E-state index in [9.17, 15) is 14.4 Å². The fraction of sp³-hybridized carbons (Fsp3) is 0.667. The van der Waals surface area contributed by atoms with Gasteiger partial charge in [-0.25, -0.2) is 0 Å².